The fourth-order valence-corrected chi connectivity index (χ4v) is 4.79. The van der Waals surface area contributed by atoms with Gasteiger partial charge in [0.25, 0.3) is 0 Å². The topological polar surface area (TPSA) is 48.8 Å². The molecule has 4 nitrogen and oxygen atoms in total. The van der Waals surface area contributed by atoms with E-state index >= 15 is 0 Å². The lowest BCUT2D eigenvalue weighted by Gasteiger charge is -2.11. The Bertz CT molecular complexity index is 740. The second kappa shape index (κ2) is 8.83. The first kappa shape index (κ1) is 18.4. The minimum atomic E-state index is 0. The average Bonchev–Trinajstić information content (AvgIpc) is 3.31. The molecule has 2 heterocycles. The minimum Gasteiger partial charge on any atom is -0.363 e. The molecule has 7 heteroatoms. The van der Waals surface area contributed by atoms with Gasteiger partial charge in [0.05, 0.1) is 13.1 Å². The largest absolute Gasteiger partial charge is 0.363 e. The summed E-state index contributed by atoms with van der Waals surface area (Å²) < 4.78 is 0. The zero-order chi connectivity index (χ0) is 16.2. The average molecular weight is 393 g/mol. The summed E-state index contributed by atoms with van der Waals surface area (Å²) in [5, 5.41) is 11.5. The smallest absolute Gasteiger partial charge is 0.157 e. The molecular formula is C18H21ClN4S2. The lowest BCUT2D eigenvalue weighted by Crippen LogP contribution is -2.15. The number of benzene rings is 2. The van der Waals surface area contributed by atoms with Crippen molar-refractivity contribution in [1.82, 2.24) is 10.6 Å². The summed E-state index contributed by atoms with van der Waals surface area (Å²) in [4.78, 5) is 8.93. The molecule has 25 heavy (non-hydrogen) atoms. The molecule has 2 N–H and O–H groups in total. The molecule has 2 aromatic carbocycles. The molecule has 132 valence electrons. The van der Waals surface area contributed by atoms with Crippen molar-refractivity contribution >= 4 is 57.0 Å². The maximum absolute atomic E-state index is 4.47. The van der Waals surface area contributed by atoms with E-state index in [-0.39, 0.29) is 12.4 Å². The van der Waals surface area contributed by atoms with Crippen molar-refractivity contribution in [2.75, 3.05) is 26.2 Å². The lowest BCUT2D eigenvalue weighted by atomic mass is 10.0. The van der Waals surface area contributed by atoms with Gasteiger partial charge in [-0.25, -0.2) is 0 Å². The van der Waals surface area contributed by atoms with E-state index in [0.29, 0.717) is 0 Å². The summed E-state index contributed by atoms with van der Waals surface area (Å²) in [6, 6.07) is 13.3. The van der Waals surface area contributed by atoms with Crippen LogP contribution in [-0.2, 0) is 11.5 Å². The van der Waals surface area contributed by atoms with E-state index in [2.05, 4.69) is 57.0 Å². The fraction of sp³-hybridized carbons (Fsp3) is 0.333. The molecule has 0 aromatic heterocycles. The van der Waals surface area contributed by atoms with Crippen LogP contribution in [0.1, 0.15) is 11.1 Å². The Kier molecular flexibility index (Phi) is 6.51. The van der Waals surface area contributed by atoms with Crippen LogP contribution in [0.4, 0.5) is 0 Å². The molecule has 0 saturated carbocycles. The number of nitrogens with one attached hydrogen (secondary N) is 2. The number of amidine groups is 2. The summed E-state index contributed by atoms with van der Waals surface area (Å²) in [5.74, 6) is 1.90. The molecule has 2 aromatic rings. The van der Waals surface area contributed by atoms with Gasteiger partial charge in [0.15, 0.2) is 10.3 Å². The summed E-state index contributed by atoms with van der Waals surface area (Å²) >= 11 is 3.59. The van der Waals surface area contributed by atoms with E-state index in [1.54, 1.807) is 23.5 Å². The first-order valence-electron chi connectivity index (χ1n) is 8.22. The van der Waals surface area contributed by atoms with Gasteiger partial charge in [0.1, 0.15) is 0 Å². The molecule has 0 unspecified atom stereocenters. The third kappa shape index (κ3) is 4.43. The first-order chi connectivity index (χ1) is 11.9. The third-order valence-electron chi connectivity index (χ3n) is 4.12. The molecule has 2 aliphatic rings. The number of aliphatic imine (C=N–C) groups is 2. The highest BCUT2D eigenvalue weighted by molar-refractivity contribution is 8.13. The highest BCUT2D eigenvalue weighted by Gasteiger charge is 2.11. The maximum atomic E-state index is 4.47. The Labute approximate surface area is 162 Å². The maximum Gasteiger partial charge on any atom is 0.157 e. The van der Waals surface area contributed by atoms with Crippen LogP contribution in [0.25, 0.3) is 10.8 Å². The minimum absolute atomic E-state index is 0. The van der Waals surface area contributed by atoms with Crippen molar-refractivity contribution in [3.05, 3.63) is 47.5 Å². The Morgan fingerprint density at radius 2 is 1.24 bits per heavy atom. The number of nitrogens with zero attached hydrogens (tertiary/aromatic N) is 2. The van der Waals surface area contributed by atoms with E-state index in [1.165, 1.54) is 21.9 Å². The molecule has 0 radical (unpaired) electrons. The number of hydrogen-bond acceptors (Lipinski definition) is 6. The van der Waals surface area contributed by atoms with Crippen molar-refractivity contribution < 1.29 is 0 Å². The number of thioether (sulfide) groups is 2. The molecular weight excluding hydrogens is 372 g/mol. The van der Waals surface area contributed by atoms with E-state index in [1.807, 2.05) is 0 Å². The van der Waals surface area contributed by atoms with Gasteiger partial charge in [-0.15, -0.1) is 12.4 Å². The van der Waals surface area contributed by atoms with Crippen LogP contribution in [0.3, 0.4) is 0 Å². The van der Waals surface area contributed by atoms with Crippen molar-refractivity contribution in [3.8, 4) is 0 Å². The standard InChI is InChI=1S/C18H20N4S2.ClH/c1-3-13(11-23-17-19-7-8-20-17)16-6-2-4-14(15(16)5-1)12-24-18-21-9-10-22-18;/h1-6H,7-12H2,(H,19,20)(H,21,22);1H. The number of hydrogen-bond donors (Lipinski definition) is 2. The Hall–Kier alpha value is -1.37. The molecule has 0 amide bonds. The van der Waals surface area contributed by atoms with E-state index < -0.39 is 0 Å². The summed E-state index contributed by atoms with van der Waals surface area (Å²) in [6.45, 7) is 3.74. The fourth-order valence-electron chi connectivity index (χ4n) is 2.93. The second-order valence-electron chi connectivity index (χ2n) is 5.73. The van der Waals surface area contributed by atoms with Crippen LogP contribution < -0.4 is 10.6 Å². The van der Waals surface area contributed by atoms with Gasteiger partial charge in [0.2, 0.25) is 0 Å². The van der Waals surface area contributed by atoms with Gasteiger partial charge >= 0.3 is 0 Å². The van der Waals surface area contributed by atoms with Crippen molar-refractivity contribution in [2.24, 2.45) is 9.98 Å². The monoisotopic (exact) mass is 392 g/mol. The lowest BCUT2D eigenvalue weighted by molar-refractivity contribution is 0.963. The van der Waals surface area contributed by atoms with Gasteiger partial charge in [0, 0.05) is 24.6 Å². The molecule has 0 saturated heterocycles. The summed E-state index contributed by atoms with van der Waals surface area (Å²) in [7, 11) is 0. The molecule has 2 aliphatic heterocycles. The van der Waals surface area contributed by atoms with Gasteiger partial charge in [-0.2, -0.15) is 0 Å². The van der Waals surface area contributed by atoms with Crippen molar-refractivity contribution in [2.45, 2.75) is 11.5 Å². The van der Waals surface area contributed by atoms with Crippen LogP contribution in [0.15, 0.2) is 46.4 Å². The van der Waals surface area contributed by atoms with Gasteiger partial charge in [-0.1, -0.05) is 59.9 Å². The van der Waals surface area contributed by atoms with Crippen LogP contribution in [0.5, 0.6) is 0 Å². The van der Waals surface area contributed by atoms with Crippen molar-refractivity contribution in [1.29, 1.82) is 0 Å². The molecule has 4 rings (SSSR count). The molecule has 0 atom stereocenters. The Balaban J connectivity index is 0.00000182. The quantitative estimate of drug-likeness (QED) is 0.833. The predicted molar refractivity (Wildman–Crippen MR) is 114 cm³/mol. The molecule has 0 bridgehead atoms. The van der Waals surface area contributed by atoms with Crippen LogP contribution in [-0.4, -0.2) is 36.5 Å². The number of fused-ring (bicyclic) bond motifs is 1. The van der Waals surface area contributed by atoms with Gasteiger partial charge in [-0.05, 0) is 21.9 Å². The van der Waals surface area contributed by atoms with E-state index in [0.717, 1.165) is 48.0 Å². The second-order valence-corrected chi connectivity index (χ2v) is 7.66. The number of rotatable bonds is 4. The predicted octanol–water partition coefficient (Wildman–Crippen LogP) is 3.65. The van der Waals surface area contributed by atoms with E-state index in [9.17, 15) is 0 Å². The zero-order valence-corrected chi connectivity index (χ0v) is 16.3. The summed E-state index contributed by atoms with van der Waals surface area (Å²) in [5.41, 5.74) is 2.74. The highest BCUT2D eigenvalue weighted by atomic mass is 35.5. The number of halogens is 1. The van der Waals surface area contributed by atoms with Gasteiger partial charge < -0.3 is 10.6 Å². The van der Waals surface area contributed by atoms with Gasteiger partial charge in [-0.3, -0.25) is 9.98 Å². The molecule has 0 spiro atoms. The van der Waals surface area contributed by atoms with Crippen LogP contribution in [0.2, 0.25) is 0 Å². The zero-order valence-electron chi connectivity index (χ0n) is 13.8. The normalized spacial score (nSPS) is 16.0. The SMILES string of the molecule is Cl.c1cc(CSC2=NCCN2)c2cccc(CSC3=NCCN3)c2c1. The summed E-state index contributed by atoms with van der Waals surface area (Å²) in [6.07, 6.45) is 0. The van der Waals surface area contributed by atoms with E-state index in [4.69, 9.17) is 0 Å². The Morgan fingerprint density at radius 3 is 1.64 bits per heavy atom. The molecule has 0 aliphatic carbocycles. The van der Waals surface area contributed by atoms with Crippen molar-refractivity contribution in [3.63, 3.8) is 0 Å². The highest BCUT2D eigenvalue weighted by Crippen LogP contribution is 2.28. The van der Waals surface area contributed by atoms with Crippen LogP contribution in [0, 0.1) is 0 Å². The first-order valence-corrected chi connectivity index (χ1v) is 10.2. The third-order valence-corrected chi connectivity index (χ3v) is 6.12. The molecule has 0 fully saturated rings. The van der Waals surface area contributed by atoms with Crippen LogP contribution >= 0.6 is 35.9 Å². The Morgan fingerprint density at radius 1 is 0.760 bits per heavy atom.